The van der Waals surface area contributed by atoms with Crippen LogP contribution in [0.2, 0.25) is 0 Å². The predicted molar refractivity (Wildman–Crippen MR) is 95.1 cm³/mol. The molecule has 1 aromatic carbocycles. The van der Waals surface area contributed by atoms with Crippen LogP contribution < -0.4 is 4.74 Å². The molecule has 1 fully saturated rings. The zero-order valence-electron chi connectivity index (χ0n) is 14.2. The summed E-state index contributed by atoms with van der Waals surface area (Å²) in [6, 6.07) is 6.14. The first-order chi connectivity index (χ1) is 12.1. The molecule has 2 heterocycles. The number of aromatic nitrogens is 2. The van der Waals surface area contributed by atoms with E-state index in [-0.39, 0.29) is 18.3 Å². The molecule has 1 aromatic heterocycles. The van der Waals surface area contributed by atoms with Crippen molar-refractivity contribution >= 4 is 17.7 Å². The second-order valence-corrected chi connectivity index (χ2v) is 7.16. The third-order valence-corrected chi connectivity index (χ3v) is 5.67. The largest absolute Gasteiger partial charge is 0.481 e. The van der Waals surface area contributed by atoms with E-state index in [1.165, 1.54) is 12.1 Å². The molecule has 0 spiro atoms. The van der Waals surface area contributed by atoms with Gasteiger partial charge in [-0.1, -0.05) is 23.9 Å². The quantitative estimate of drug-likeness (QED) is 0.741. The van der Waals surface area contributed by atoms with Gasteiger partial charge in [0.25, 0.3) is 5.91 Å². The Hall–Kier alpha value is -2.02. The minimum Gasteiger partial charge on any atom is -0.481 e. The number of carbonyl (C=O) groups excluding carboxylic acids is 1. The highest BCUT2D eigenvalue weighted by Crippen LogP contribution is 2.25. The van der Waals surface area contributed by atoms with Crippen LogP contribution in [0.15, 0.2) is 41.8 Å². The number of rotatable bonds is 6. The van der Waals surface area contributed by atoms with Crippen molar-refractivity contribution in [3.63, 3.8) is 0 Å². The Kier molecular flexibility index (Phi) is 5.96. The van der Waals surface area contributed by atoms with Crippen molar-refractivity contribution in [1.29, 1.82) is 0 Å². The predicted octanol–water partition coefficient (Wildman–Crippen LogP) is 2.97. The lowest BCUT2D eigenvalue weighted by Gasteiger charge is -2.31. The van der Waals surface area contributed by atoms with Gasteiger partial charge in [0, 0.05) is 38.3 Å². The molecular weight excluding hydrogens is 341 g/mol. The summed E-state index contributed by atoms with van der Waals surface area (Å²) in [4.78, 5) is 18.4. The minimum atomic E-state index is -0.444. The average Bonchev–Trinajstić information content (AvgIpc) is 3.04. The fraction of sp³-hybridized carbons (Fsp3) is 0.444. The monoisotopic (exact) mass is 363 g/mol. The highest BCUT2D eigenvalue weighted by Gasteiger charge is 2.23. The van der Waals surface area contributed by atoms with Gasteiger partial charge in [0.15, 0.2) is 23.3 Å². The number of imidazole rings is 1. The molecule has 1 saturated heterocycles. The van der Waals surface area contributed by atoms with Gasteiger partial charge < -0.3 is 14.2 Å². The minimum absolute atomic E-state index is 0.0848. The van der Waals surface area contributed by atoms with E-state index in [1.54, 1.807) is 30.1 Å². The first kappa shape index (κ1) is 17.8. The van der Waals surface area contributed by atoms with Gasteiger partial charge in [0.1, 0.15) is 0 Å². The van der Waals surface area contributed by atoms with Gasteiger partial charge in [0.05, 0.1) is 0 Å². The van der Waals surface area contributed by atoms with Gasteiger partial charge in [-0.25, -0.2) is 9.37 Å². The van der Waals surface area contributed by atoms with E-state index >= 15 is 0 Å². The van der Waals surface area contributed by atoms with Gasteiger partial charge in [-0.2, -0.15) is 0 Å². The molecule has 5 nitrogen and oxygen atoms in total. The summed E-state index contributed by atoms with van der Waals surface area (Å²) >= 11 is 1.76. The number of halogens is 1. The van der Waals surface area contributed by atoms with Crippen molar-refractivity contribution in [2.24, 2.45) is 13.0 Å². The number of thioether (sulfide) groups is 1. The summed E-state index contributed by atoms with van der Waals surface area (Å²) in [6.07, 6.45) is 5.70. The number of hydrogen-bond donors (Lipinski definition) is 0. The zero-order valence-corrected chi connectivity index (χ0v) is 15.0. The maximum absolute atomic E-state index is 13.5. The number of hydrogen-bond acceptors (Lipinski definition) is 4. The van der Waals surface area contributed by atoms with Crippen LogP contribution in [0.1, 0.15) is 12.8 Å². The SMILES string of the molecule is Cn1ccnc1SCC1CCN(C(=O)COc2ccccc2F)CC1. The lowest BCUT2D eigenvalue weighted by Crippen LogP contribution is -2.41. The topological polar surface area (TPSA) is 47.4 Å². The number of amides is 1. The lowest BCUT2D eigenvalue weighted by atomic mass is 9.99. The van der Waals surface area contributed by atoms with Crippen molar-refractivity contribution in [1.82, 2.24) is 14.5 Å². The third-order valence-electron chi connectivity index (χ3n) is 4.38. The Morgan fingerprint density at radius 1 is 1.36 bits per heavy atom. The third kappa shape index (κ3) is 4.75. The van der Waals surface area contributed by atoms with Gasteiger partial charge in [-0.15, -0.1) is 0 Å². The first-order valence-corrected chi connectivity index (χ1v) is 9.37. The highest BCUT2D eigenvalue weighted by atomic mass is 32.2. The van der Waals surface area contributed by atoms with Gasteiger partial charge in [0.2, 0.25) is 0 Å². The molecule has 0 saturated carbocycles. The fourth-order valence-electron chi connectivity index (χ4n) is 2.82. The molecule has 3 rings (SSSR count). The van der Waals surface area contributed by atoms with E-state index in [1.807, 2.05) is 22.7 Å². The van der Waals surface area contributed by atoms with Crippen LogP contribution in [0.4, 0.5) is 4.39 Å². The van der Waals surface area contributed by atoms with Crippen LogP contribution in [-0.4, -0.2) is 45.8 Å². The Labute approximate surface area is 151 Å². The number of para-hydroxylation sites is 1. The Bertz CT molecular complexity index is 714. The van der Waals surface area contributed by atoms with Crippen LogP contribution in [-0.2, 0) is 11.8 Å². The van der Waals surface area contributed by atoms with Crippen molar-refractivity contribution in [2.75, 3.05) is 25.4 Å². The Morgan fingerprint density at radius 3 is 2.80 bits per heavy atom. The van der Waals surface area contributed by atoms with Crippen molar-refractivity contribution in [3.05, 3.63) is 42.5 Å². The van der Waals surface area contributed by atoms with E-state index in [0.717, 1.165) is 36.8 Å². The maximum atomic E-state index is 13.5. The van der Waals surface area contributed by atoms with Crippen LogP contribution in [0.25, 0.3) is 0 Å². The highest BCUT2D eigenvalue weighted by molar-refractivity contribution is 7.99. The van der Waals surface area contributed by atoms with E-state index in [2.05, 4.69) is 4.98 Å². The normalized spacial score (nSPS) is 15.4. The average molecular weight is 363 g/mol. The second-order valence-electron chi connectivity index (χ2n) is 6.17. The number of likely N-dealkylation sites (tertiary alicyclic amines) is 1. The molecule has 0 radical (unpaired) electrons. The summed E-state index contributed by atoms with van der Waals surface area (Å²) < 4.78 is 20.8. The number of aryl methyl sites for hydroxylation is 1. The molecule has 0 bridgehead atoms. The van der Waals surface area contributed by atoms with E-state index in [9.17, 15) is 9.18 Å². The van der Waals surface area contributed by atoms with Crippen molar-refractivity contribution in [2.45, 2.75) is 18.0 Å². The molecule has 25 heavy (non-hydrogen) atoms. The number of carbonyl (C=O) groups is 1. The molecule has 2 aromatic rings. The lowest BCUT2D eigenvalue weighted by molar-refractivity contribution is -0.134. The maximum Gasteiger partial charge on any atom is 0.260 e. The Morgan fingerprint density at radius 2 is 2.12 bits per heavy atom. The zero-order chi connectivity index (χ0) is 17.6. The smallest absolute Gasteiger partial charge is 0.260 e. The molecule has 1 aliphatic heterocycles. The summed E-state index contributed by atoms with van der Waals surface area (Å²) in [5, 5.41) is 1.02. The van der Waals surface area contributed by atoms with E-state index in [4.69, 9.17) is 4.74 Å². The second kappa shape index (κ2) is 8.38. The van der Waals surface area contributed by atoms with Crippen LogP contribution in [0.3, 0.4) is 0 Å². The fourth-order valence-corrected chi connectivity index (χ4v) is 3.94. The molecule has 134 valence electrons. The molecule has 0 atom stereocenters. The standard InChI is InChI=1S/C18H22FN3O2S/c1-21-11-8-20-18(21)25-13-14-6-9-22(10-7-14)17(23)12-24-16-5-3-2-4-15(16)19/h2-5,8,11,14H,6-7,9-10,12-13H2,1H3. The summed E-state index contributed by atoms with van der Waals surface area (Å²) in [5.74, 6) is 1.19. The molecule has 0 aliphatic carbocycles. The van der Waals surface area contributed by atoms with Gasteiger partial charge in [-0.3, -0.25) is 4.79 Å². The summed E-state index contributed by atoms with van der Waals surface area (Å²) in [5.41, 5.74) is 0. The van der Waals surface area contributed by atoms with Crippen molar-refractivity contribution in [3.8, 4) is 5.75 Å². The van der Waals surface area contributed by atoms with Crippen LogP contribution in [0.5, 0.6) is 5.75 Å². The van der Waals surface area contributed by atoms with Gasteiger partial charge in [-0.05, 0) is 30.9 Å². The molecule has 1 aliphatic rings. The van der Waals surface area contributed by atoms with Crippen LogP contribution in [0, 0.1) is 11.7 Å². The molecular formula is C18H22FN3O2S. The van der Waals surface area contributed by atoms with Crippen molar-refractivity contribution < 1.29 is 13.9 Å². The molecule has 7 heteroatoms. The number of nitrogens with zero attached hydrogens (tertiary/aromatic N) is 3. The Balaban J connectivity index is 1.40. The van der Waals surface area contributed by atoms with E-state index < -0.39 is 5.82 Å². The summed E-state index contributed by atoms with van der Waals surface area (Å²) in [6.45, 7) is 1.34. The van der Waals surface area contributed by atoms with Gasteiger partial charge >= 0.3 is 0 Å². The molecule has 0 unspecified atom stereocenters. The first-order valence-electron chi connectivity index (χ1n) is 8.38. The number of piperidine rings is 1. The van der Waals surface area contributed by atoms with Crippen LogP contribution >= 0.6 is 11.8 Å². The molecule has 1 amide bonds. The summed E-state index contributed by atoms with van der Waals surface area (Å²) in [7, 11) is 1.99. The molecule has 0 N–H and O–H groups in total. The number of benzene rings is 1. The van der Waals surface area contributed by atoms with E-state index in [0.29, 0.717) is 5.92 Å². The number of ether oxygens (including phenoxy) is 1.